The maximum atomic E-state index is 12.7. The van der Waals surface area contributed by atoms with Crippen LogP contribution in [0.15, 0.2) is 54.6 Å². The van der Waals surface area contributed by atoms with E-state index in [9.17, 15) is 4.79 Å². The summed E-state index contributed by atoms with van der Waals surface area (Å²) in [5.74, 6) is 0.508. The minimum absolute atomic E-state index is 0.0477. The molecule has 0 heterocycles. The highest BCUT2D eigenvalue weighted by molar-refractivity contribution is 5.96. The molecule has 0 bridgehead atoms. The molecule has 0 aromatic heterocycles. The van der Waals surface area contributed by atoms with Crippen LogP contribution in [-0.2, 0) is 10.2 Å². The molecule has 26 heavy (non-hydrogen) atoms. The van der Waals surface area contributed by atoms with E-state index in [0.29, 0.717) is 24.0 Å². The van der Waals surface area contributed by atoms with Crippen molar-refractivity contribution in [1.29, 1.82) is 0 Å². The Hall–Kier alpha value is -2.33. The lowest BCUT2D eigenvalue weighted by Crippen LogP contribution is -2.44. The van der Waals surface area contributed by atoms with E-state index in [1.54, 1.807) is 20.3 Å². The molecule has 1 fully saturated rings. The number of carbonyl (C=O) groups excluding carboxylic acids is 1. The zero-order valence-electron chi connectivity index (χ0n) is 15.5. The standard InChI is InChI=1S/C22H27NO3/c1-25-18-12-14-22(15-13-18,17-8-4-3-5-9-17)16-23-21(24)19-10-6-7-11-20(19)26-2/h3-11,18H,12-16H2,1-2H3,(H,23,24). The van der Waals surface area contributed by atoms with Gasteiger partial charge >= 0.3 is 0 Å². The van der Waals surface area contributed by atoms with Crippen LogP contribution in [0, 0.1) is 0 Å². The summed E-state index contributed by atoms with van der Waals surface area (Å²) in [6.45, 7) is 0.615. The van der Waals surface area contributed by atoms with Crippen LogP contribution >= 0.6 is 0 Å². The van der Waals surface area contributed by atoms with Gasteiger partial charge in [0.25, 0.3) is 5.91 Å². The van der Waals surface area contributed by atoms with Gasteiger partial charge in [0.15, 0.2) is 0 Å². The number of amides is 1. The SMILES string of the molecule is COc1ccccc1C(=O)NCC1(c2ccccc2)CCC(OC)CC1. The van der Waals surface area contributed by atoms with Crippen LogP contribution in [0.4, 0.5) is 0 Å². The summed E-state index contributed by atoms with van der Waals surface area (Å²) in [7, 11) is 3.37. The van der Waals surface area contributed by atoms with Crippen molar-refractivity contribution >= 4 is 5.91 Å². The predicted molar refractivity (Wildman–Crippen MR) is 103 cm³/mol. The molecule has 1 aliphatic carbocycles. The lowest BCUT2D eigenvalue weighted by Gasteiger charge is -2.40. The van der Waals surface area contributed by atoms with E-state index >= 15 is 0 Å². The number of carbonyl (C=O) groups is 1. The number of rotatable bonds is 6. The van der Waals surface area contributed by atoms with Crippen LogP contribution in [0.1, 0.15) is 41.6 Å². The molecule has 138 valence electrons. The fraction of sp³-hybridized carbons (Fsp3) is 0.409. The molecule has 2 aromatic carbocycles. The van der Waals surface area contributed by atoms with Crippen LogP contribution in [-0.4, -0.2) is 32.8 Å². The lowest BCUT2D eigenvalue weighted by atomic mass is 9.68. The molecule has 0 spiro atoms. The maximum absolute atomic E-state index is 12.7. The molecule has 1 N–H and O–H groups in total. The Kier molecular flexibility index (Phi) is 5.94. The molecule has 1 saturated carbocycles. The first-order valence-corrected chi connectivity index (χ1v) is 9.18. The normalized spacial score (nSPS) is 22.6. The van der Waals surface area contributed by atoms with Gasteiger partial charge in [-0.2, -0.15) is 0 Å². The Morgan fingerprint density at radius 3 is 2.35 bits per heavy atom. The van der Waals surface area contributed by atoms with Gasteiger partial charge in [-0.15, -0.1) is 0 Å². The highest BCUT2D eigenvalue weighted by Crippen LogP contribution is 2.40. The second-order valence-corrected chi connectivity index (χ2v) is 6.96. The Morgan fingerprint density at radius 2 is 1.69 bits per heavy atom. The van der Waals surface area contributed by atoms with Crippen LogP contribution in [0.2, 0.25) is 0 Å². The third-order valence-corrected chi connectivity index (χ3v) is 5.55. The summed E-state index contributed by atoms with van der Waals surface area (Å²) in [5.41, 5.74) is 1.81. The summed E-state index contributed by atoms with van der Waals surface area (Å²) < 4.78 is 10.9. The van der Waals surface area contributed by atoms with Crippen molar-refractivity contribution in [3.8, 4) is 5.75 Å². The van der Waals surface area contributed by atoms with Gasteiger partial charge in [-0.3, -0.25) is 4.79 Å². The fourth-order valence-corrected chi connectivity index (χ4v) is 3.92. The van der Waals surface area contributed by atoms with Crippen molar-refractivity contribution < 1.29 is 14.3 Å². The predicted octanol–water partition coefficient (Wildman–Crippen LogP) is 3.95. The highest BCUT2D eigenvalue weighted by atomic mass is 16.5. The third-order valence-electron chi connectivity index (χ3n) is 5.55. The first-order valence-electron chi connectivity index (χ1n) is 9.18. The lowest BCUT2D eigenvalue weighted by molar-refractivity contribution is 0.0476. The number of ether oxygens (including phenoxy) is 2. The monoisotopic (exact) mass is 353 g/mol. The van der Waals surface area contributed by atoms with Crippen molar-refractivity contribution in [2.75, 3.05) is 20.8 Å². The zero-order valence-corrected chi connectivity index (χ0v) is 15.5. The molecule has 4 nitrogen and oxygen atoms in total. The number of hydrogen-bond donors (Lipinski definition) is 1. The summed E-state index contributed by atoms with van der Waals surface area (Å²) >= 11 is 0. The molecule has 0 saturated heterocycles. The van der Waals surface area contributed by atoms with Gasteiger partial charge in [-0.05, 0) is 43.4 Å². The van der Waals surface area contributed by atoms with Gasteiger partial charge in [-0.1, -0.05) is 42.5 Å². The third kappa shape index (κ3) is 3.91. The maximum Gasteiger partial charge on any atom is 0.255 e. The number of nitrogens with one attached hydrogen (secondary N) is 1. The molecule has 0 radical (unpaired) electrons. The zero-order chi connectivity index (χ0) is 18.4. The van der Waals surface area contributed by atoms with Gasteiger partial charge in [0.05, 0.1) is 18.8 Å². The van der Waals surface area contributed by atoms with E-state index in [4.69, 9.17) is 9.47 Å². The van der Waals surface area contributed by atoms with Gasteiger partial charge < -0.3 is 14.8 Å². The topological polar surface area (TPSA) is 47.6 Å². The Morgan fingerprint density at radius 1 is 1.04 bits per heavy atom. The molecule has 3 rings (SSSR count). The first kappa shape index (κ1) is 18.5. The van der Waals surface area contributed by atoms with E-state index in [1.807, 2.05) is 24.3 Å². The van der Waals surface area contributed by atoms with E-state index in [-0.39, 0.29) is 11.3 Å². The number of para-hydroxylation sites is 1. The molecule has 0 aliphatic heterocycles. The van der Waals surface area contributed by atoms with E-state index < -0.39 is 0 Å². The van der Waals surface area contributed by atoms with Crippen LogP contribution in [0.25, 0.3) is 0 Å². The molecule has 4 heteroatoms. The Labute approximate surface area is 155 Å². The van der Waals surface area contributed by atoms with Crippen LogP contribution in [0.5, 0.6) is 5.75 Å². The molecule has 1 amide bonds. The van der Waals surface area contributed by atoms with E-state index in [2.05, 4.69) is 29.6 Å². The van der Waals surface area contributed by atoms with Crippen molar-refractivity contribution in [3.05, 3.63) is 65.7 Å². The van der Waals surface area contributed by atoms with Crippen LogP contribution in [0.3, 0.4) is 0 Å². The smallest absolute Gasteiger partial charge is 0.255 e. The minimum atomic E-state index is -0.0911. The Balaban J connectivity index is 1.78. The van der Waals surface area contributed by atoms with Crippen LogP contribution < -0.4 is 10.1 Å². The Bertz CT molecular complexity index is 721. The molecular formula is C22H27NO3. The second-order valence-electron chi connectivity index (χ2n) is 6.96. The molecular weight excluding hydrogens is 326 g/mol. The number of hydrogen-bond acceptors (Lipinski definition) is 3. The first-order chi connectivity index (χ1) is 12.7. The average Bonchev–Trinajstić information content (AvgIpc) is 2.73. The largest absolute Gasteiger partial charge is 0.496 e. The highest BCUT2D eigenvalue weighted by Gasteiger charge is 2.37. The average molecular weight is 353 g/mol. The molecule has 0 atom stereocenters. The number of benzene rings is 2. The van der Waals surface area contributed by atoms with E-state index in [0.717, 1.165) is 25.7 Å². The van der Waals surface area contributed by atoms with Gasteiger partial charge in [0, 0.05) is 19.1 Å². The molecule has 2 aromatic rings. The quantitative estimate of drug-likeness (QED) is 0.855. The van der Waals surface area contributed by atoms with Crippen molar-refractivity contribution in [1.82, 2.24) is 5.32 Å². The minimum Gasteiger partial charge on any atom is -0.496 e. The van der Waals surface area contributed by atoms with Crippen molar-refractivity contribution in [2.45, 2.75) is 37.2 Å². The molecule has 0 unspecified atom stereocenters. The van der Waals surface area contributed by atoms with Gasteiger partial charge in [0.2, 0.25) is 0 Å². The van der Waals surface area contributed by atoms with Gasteiger partial charge in [0.1, 0.15) is 5.75 Å². The summed E-state index contributed by atoms with van der Waals surface area (Å²) in [6, 6.07) is 17.8. The summed E-state index contributed by atoms with van der Waals surface area (Å²) in [4.78, 5) is 12.7. The fourth-order valence-electron chi connectivity index (χ4n) is 3.92. The van der Waals surface area contributed by atoms with Crippen molar-refractivity contribution in [3.63, 3.8) is 0 Å². The van der Waals surface area contributed by atoms with Gasteiger partial charge in [-0.25, -0.2) is 0 Å². The molecule has 1 aliphatic rings. The second kappa shape index (κ2) is 8.37. The van der Waals surface area contributed by atoms with E-state index in [1.165, 1.54) is 5.56 Å². The summed E-state index contributed by atoms with van der Waals surface area (Å²) in [5, 5.41) is 3.16. The van der Waals surface area contributed by atoms with Crippen molar-refractivity contribution in [2.24, 2.45) is 0 Å². The number of methoxy groups -OCH3 is 2. The summed E-state index contributed by atoms with van der Waals surface area (Å²) in [6.07, 6.45) is 4.34.